The third kappa shape index (κ3) is 2.70. The van der Waals surface area contributed by atoms with Crippen LogP contribution in [0.3, 0.4) is 0 Å². The second-order valence-electron chi connectivity index (χ2n) is 5.54. The summed E-state index contributed by atoms with van der Waals surface area (Å²) in [5, 5.41) is 11.9. The Balaban J connectivity index is 1.87. The quantitative estimate of drug-likeness (QED) is 0.663. The first-order chi connectivity index (χ1) is 8.81. The van der Waals surface area contributed by atoms with Crippen molar-refractivity contribution in [3.63, 3.8) is 0 Å². The van der Waals surface area contributed by atoms with E-state index in [0.29, 0.717) is 19.5 Å². The number of imide groups is 1. The van der Waals surface area contributed by atoms with Crippen molar-refractivity contribution in [1.29, 1.82) is 0 Å². The van der Waals surface area contributed by atoms with Gasteiger partial charge in [0.25, 0.3) is 5.91 Å². The van der Waals surface area contributed by atoms with E-state index >= 15 is 0 Å². The Morgan fingerprint density at radius 2 is 2.16 bits per heavy atom. The number of carbonyl (C=O) groups is 3. The predicted molar refractivity (Wildman–Crippen MR) is 66.1 cm³/mol. The molecule has 7 nitrogen and oxygen atoms in total. The Morgan fingerprint density at radius 3 is 2.63 bits per heavy atom. The SMILES string of the molecule is CC1(C)NC(=O)N(CCC(=O)N2CCC(O)C2)C1=O. The summed E-state index contributed by atoms with van der Waals surface area (Å²) in [7, 11) is 0. The zero-order chi connectivity index (χ0) is 14.2. The van der Waals surface area contributed by atoms with Gasteiger partial charge < -0.3 is 15.3 Å². The molecule has 2 aliphatic heterocycles. The van der Waals surface area contributed by atoms with Crippen LogP contribution in [-0.4, -0.2) is 64.0 Å². The molecular formula is C12H19N3O4. The van der Waals surface area contributed by atoms with Crippen LogP contribution >= 0.6 is 0 Å². The number of amides is 4. The highest BCUT2D eigenvalue weighted by Gasteiger charge is 2.44. The summed E-state index contributed by atoms with van der Waals surface area (Å²) in [6.45, 7) is 4.22. The number of nitrogens with one attached hydrogen (secondary N) is 1. The van der Waals surface area contributed by atoms with Crippen molar-refractivity contribution < 1.29 is 19.5 Å². The Labute approximate surface area is 111 Å². The van der Waals surface area contributed by atoms with E-state index in [0.717, 1.165) is 4.90 Å². The lowest BCUT2D eigenvalue weighted by Gasteiger charge is -2.18. The molecule has 2 saturated heterocycles. The van der Waals surface area contributed by atoms with Crippen LogP contribution in [0.15, 0.2) is 0 Å². The molecule has 0 spiro atoms. The van der Waals surface area contributed by atoms with Gasteiger partial charge in [0.05, 0.1) is 6.10 Å². The highest BCUT2D eigenvalue weighted by atomic mass is 16.3. The van der Waals surface area contributed by atoms with Crippen molar-refractivity contribution in [3.8, 4) is 0 Å². The van der Waals surface area contributed by atoms with Crippen LogP contribution in [-0.2, 0) is 9.59 Å². The van der Waals surface area contributed by atoms with Crippen molar-refractivity contribution in [1.82, 2.24) is 15.1 Å². The summed E-state index contributed by atoms with van der Waals surface area (Å²) in [5.74, 6) is -0.450. The zero-order valence-electron chi connectivity index (χ0n) is 11.2. The Morgan fingerprint density at radius 1 is 1.47 bits per heavy atom. The molecule has 1 unspecified atom stereocenters. The van der Waals surface area contributed by atoms with Gasteiger partial charge >= 0.3 is 6.03 Å². The fraction of sp³-hybridized carbons (Fsp3) is 0.750. The maximum atomic E-state index is 11.9. The summed E-state index contributed by atoms with van der Waals surface area (Å²) in [4.78, 5) is 38.0. The predicted octanol–water partition coefficient (Wildman–Crippen LogP) is -0.700. The fourth-order valence-electron chi connectivity index (χ4n) is 2.35. The monoisotopic (exact) mass is 269 g/mol. The van der Waals surface area contributed by atoms with Gasteiger partial charge in [-0.25, -0.2) is 4.79 Å². The van der Waals surface area contributed by atoms with Crippen molar-refractivity contribution in [2.24, 2.45) is 0 Å². The van der Waals surface area contributed by atoms with Crippen LogP contribution in [0.2, 0.25) is 0 Å². The summed E-state index contributed by atoms with van der Waals surface area (Å²) in [5.41, 5.74) is -0.899. The molecule has 2 aliphatic rings. The number of aliphatic hydroxyl groups excluding tert-OH is 1. The number of β-amino-alcohol motifs (C(OH)–C–C–N with tert-alkyl or cyclic N) is 1. The van der Waals surface area contributed by atoms with E-state index in [1.165, 1.54) is 0 Å². The average molecular weight is 269 g/mol. The number of carbonyl (C=O) groups excluding carboxylic acids is 3. The lowest BCUT2D eigenvalue weighted by molar-refractivity contribution is -0.132. The van der Waals surface area contributed by atoms with Crippen LogP contribution in [0.5, 0.6) is 0 Å². The number of hydrogen-bond donors (Lipinski definition) is 2. The van der Waals surface area contributed by atoms with Gasteiger partial charge in [0.1, 0.15) is 5.54 Å². The lowest BCUT2D eigenvalue weighted by Crippen LogP contribution is -2.41. The maximum Gasteiger partial charge on any atom is 0.325 e. The number of rotatable bonds is 3. The average Bonchev–Trinajstić information content (AvgIpc) is 2.81. The first-order valence-electron chi connectivity index (χ1n) is 6.41. The van der Waals surface area contributed by atoms with E-state index in [9.17, 15) is 19.5 Å². The zero-order valence-corrected chi connectivity index (χ0v) is 11.2. The highest BCUT2D eigenvalue weighted by molar-refractivity contribution is 6.06. The molecule has 2 fully saturated rings. The standard InChI is InChI=1S/C12H19N3O4/c1-12(2)10(18)15(11(19)13-12)6-4-9(17)14-5-3-8(16)7-14/h8,16H,3-7H2,1-2H3,(H,13,19). The molecule has 2 N–H and O–H groups in total. The Hall–Kier alpha value is -1.63. The Bertz CT molecular complexity index is 421. The van der Waals surface area contributed by atoms with Crippen LogP contribution in [0.4, 0.5) is 4.79 Å². The normalized spacial score (nSPS) is 25.9. The number of aliphatic hydroxyl groups is 1. The topological polar surface area (TPSA) is 90.0 Å². The summed E-state index contributed by atoms with van der Waals surface area (Å²) in [6, 6.07) is -0.454. The molecule has 2 heterocycles. The minimum atomic E-state index is -0.899. The molecule has 0 aromatic rings. The van der Waals surface area contributed by atoms with Gasteiger partial charge in [-0.15, -0.1) is 0 Å². The van der Waals surface area contributed by atoms with Gasteiger partial charge in [0.2, 0.25) is 5.91 Å². The first kappa shape index (κ1) is 13.8. The molecule has 106 valence electrons. The highest BCUT2D eigenvalue weighted by Crippen LogP contribution is 2.17. The van der Waals surface area contributed by atoms with E-state index < -0.39 is 17.7 Å². The molecule has 0 bridgehead atoms. The van der Waals surface area contributed by atoms with E-state index in [4.69, 9.17) is 0 Å². The smallest absolute Gasteiger partial charge is 0.325 e. The molecule has 0 saturated carbocycles. The van der Waals surface area contributed by atoms with Gasteiger partial charge in [-0.1, -0.05) is 0 Å². The molecule has 0 aromatic carbocycles. The van der Waals surface area contributed by atoms with Gasteiger partial charge in [0, 0.05) is 26.1 Å². The number of likely N-dealkylation sites (tertiary alicyclic amines) is 1. The second-order valence-corrected chi connectivity index (χ2v) is 5.54. The molecule has 1 atom stereocenters. The van der Waals surface area contributed by atoms with Gasteiger partial charge in [-0.05, 0) is 20.3 Å². The summed E-state index contributed by atoms with van der Waals surface area (Å²) in [6.07, 6.45) is 0.226. The number of hydrogen-bond acceptors (Lipinski definition) is 4. The van der Waals surface area contributed by atoms with Crippen molar-refractivity contribution in [3.05, 3.63) is 0 Å². The largest absolute Gasteiger partial charge is 0.391 e. The van der Waals surface area contributed by atoms with Crippen LogP contribution in [0, 0.1) is 0 Å². The van der Waals surface area contributed by atoms with Gasteiger partial charge in [-0.3, -0.25) is 14.5 Å². The first-order valence-corrected chi connectivity index (χ1v) is 6.41. The molecule has 2 rings (SSSR count). The summed E-state index contributed by atoms with van der Waals surface area (Å²) >= 11 is 0. The van der Waals surface area contributed by atoms with Crippen molar-refractivity contribution in [2.45, 2.75) is 38.3 Å². The van der Waals surface area contributed by atoms with Crippen LogP contribution < -0.4 is 5.32 Å². The molecule has 4 amide bonds. The lowest BCUT2D eigenvalue weighted by atomic mass is 10.1. The third-order valence-corrected chi connectivity index (χ3v) is 3.51. The van der Waals surface area contributed by atoms with Crippen LogP contribution in [0.25, 0.3) is 0 Å². The molecule has 0 radical (unpaired) electrons. The van der Waals surface area contributed by atoms with Crippen LogP contribution in [0.1, 0.15) is 26.7 Å². The third-order valence-electron chi connectivity index (χ3n) is 3.51. The fourth-order valence-corrected chi connectivity index (χ4v) is 2.35. The van der Waals surface area contributed by atoms with Gasteiger partial charge in [-0.2, -0.15) is 0 Å². The number of urea groups is 1. The maximum absolute atomic E-state index is 11.9. The Kier molecular flexibility index (Phi) is 3.49. The molecule has 0 aromatic heterocycles. The number of nitrogens with zero attached hydrogens (tertiary/aromatic N) is 2. The van der Waals surface area contributed by atoms with E-state index in [1.54, 1.807) is 18.7 Å². The van der Waals surface area contributed by atoms with Gasteiger partial charge in [0.15, 0.2) is 0 Å². The minimum Gasteiger partial charge on any atom is -0.391 e. The van der Waals surface area contributed by atoms with E-state index in [2.05, 4.69) is 5.32 Å². The molecule has 0 aliphatic carbocycles. The van der Waals surface area contributed by atoms with Crippen molar-refractivity contribution in [2.75, 3.05) is 19.6 Å². The van der Waals surface area contributed by atoms with E-state index in [-0.39, 0.29) is 24.8 Å². The summed E-state index contributed by atoms with van der Waals surface area (Å²) < 4.78 is 0. The van der Waals surface area contributed by atoms with E-state index in [1.807, 2.05) is 0 Å². The molecule has 7 heteroatoms. The minimum absolute atomic E-state index is 0.0829. The molecule has 19 heavy (non-hydrogen) atoms. The molecular weight excluding hydrogens is 250 g/mol. The van der Waals surface area contributed by atoms with Crippen molar-refractivity contribution >= 4 is 17.8 Å². The second kappa shape index (κ2) is 4.80.